The van der Waals surface area contributed by atoms with Crippen LogP contribution in [-0.4, -0.2) is 45.1 Å². The van der Waals surface area contributed by atoms with Gasteiger partial charge in [-0.2, -0.15) is 0 Å². The Bertz CT molecular complexity index is 665. The predicted molar refractivity (Wildman–Crippen MR) is 82.9 cm³/mol. The van der Waals surface area contributed by atoms with Crippen molar-refractivity contribution in [3.8, 4) is 11.5 Å². The zero-order chi connectivity index (χ0) is 17.0. The Kier molecular flexibility index (Phi) is 7.59. The summed E-state index contributed by atoms with van der Waals surface area (Å²) in [5, 5.41) is 30.1. The van der Waals surface area contributed by atoms with Crippen LogP contribution >= 0.6 is 11.8 Å². The van der Waals surface area contributed by atoms with Crippen molar-refractivity contribution < 1.29 is 59.2 Å². The van der Waals surface area contributed by atoms with E-state index in [4.69, 9.17) is 9.84 Å². The molecular weight excluding hydrogens is 345 g/mol. The molecule has 0 fully saturated rings. The van der Waals surface area contributed by atoms with E-state index in [1.54, 1.807) is 12.1 Å². The van der Waals surface area contributed by atoms with Gasteiger partial charge in [0.2, 0.25) is 0 Å². The number of rotatable bonds is 7. The Morgan fingerprint density at radius 2 is 2.17 bits per heavy atom. The first-order chi connectivity index (χ1) is 10.8. The van der Waals surface area contributed by atoms with Crippen molar-refractivity contribution in [3.63, 3.8) is 0 Å². The summed E-state index contributed by atoms with van der Waals surface area (Å²) in [4.78, 5) is 25.6. The third-order valence-electron chi connectivity index (χ3n) is 3.28. The summed E-state index contributed by atoms with van der Waals surface area (Å²) in [6.07, 6.45) is 0.379. The molecule has 0 radical (unpaired) electrons. The molecule has 7 nitrogen and oxygen atoms in total. The van der Waals surface area contributed by atoms with Crippen molar-refractivity contribution in [2.24, 2.45) is 4.99 Å². The minimum Gasteiger partial charge on any atom is -0.547 e. The molecule has 0 saturated heterocycles. The molecule has 0 amide bonds. The van der Waals surface area contributed by atoms with Gasteiger partial charge < -0.3 is 24.9 Å². The number of phenols is 1. The van der Waals surface area contributed by atoms with Gasteiger partial charge in [-0.15, -0.1) is 11.8 Å². The maximum atomic E-state index is 11.1. The van der Waals surface area contributed by atoms with E-state index in [1.165, 1.54) is 24.8 Å². The van der Waals surface area contributed by atoms with E-state index in [-0.39, 0.29) is 54.1 Å². The molecule has 0 spiro atoms. The van der Waals surface area contributed by atoms with E-state index in [1.807, 2.05) is 0 Å². The SMILES string of the molecule is C[C@]1(C(=O)[O-])CSC(c2ccc(OCCCC(=O)O)cc2O)=N1.[Na+]. The molecule has 0 unspecified atom stereocenters. The minimum absolute atomic E-state index is 0. The second-order valence-corrected chi connectivity index (χ2v) is 6.26. The van der Waals surface area contributed by atoms with Crippen molar-refractivity contribution in [2.45, 2.75) is 25.3 Å². The Labute approximate surface area is 165 Å². The molecule has 0 aliphatic carbocycles. The summed E-state index contributed by atoms with van der Waals surface area (Å²) in [6, 6.07) is 4.61. The first kappa shape index (κ1) is 20.8. The van der Waals surface area contributed by atoms with Crippen LogP contribution < -0.4 is 39.4 Å². The molecule has 1 aromatic carbocycles. The number of hydrogen-bond donors (Lipinski definition) is 2. The molecule has 0 bridgehead atoms. The zero-order valence-corrected chi connectivity index (χ0v) is 16.3. The van der Waals surface area contributed by atoms with Crippen LogP contribution in [0.4, 0.5) is 0 Å². The summed E-state index contributed by atoms with van der Waals surface area (Å²) in [7, 11) is 0. The number of hydrogen-bond acceptors (Lipinski definition) is 7. The fraction of sp³-hybridized carbons (Fsp3) is 0.400. The van der Waals surface area contributed by atoms with Crippen LogP contribution in [0.5, 0.6) is 11.5 Å². The molecule has 0 saturated carbocycles. The standard InChI is InChI=1S/C15H17NO6S.Na/c1-15(14(20)21)8-23-13(16-15)10-5-4-9(7-11(10)17)22-6-2-3-12(18)19;/h4-5,7,17H,2-3,6,8H2,1H3,(H,18,19)(H,20,21);/q;+1/p-1/t15-;/m1./s1. The van der Waals surface area contributed by atoms with Gasteiger partial charge in [-0.05, 0) is 25.5 Å². The minimum atomic E-state index is -1.29. The molecule has 124 valence electrons. The summed E-state index contributed by atoms with van der Waals surface area (Å²) < 4.78 is 5.36. The summed E-state index contributed by atoms with van der Waals surface area (Å²) in [5.41, 5.74) is -0.865. The molecule has 2 rings (SSSR count). The maximum absolute atomic E-state index is 11.1. The molecule has 24 heavy (non-hydrogen) atoms. The van der Waals surface area contributed by atoms with Gasteiger partial charge in [-0.1, -0.05) is 0 Å². The number of phenolic OH excluding ortho intramolecular Hbond substituents is 1. The largest absolute Gasteiger partial charge is 1.00 e. The first-order valence-electron chi connectivity index (χ1n) is 6.94. The van der Waals surface area contributed by atoms with Gasteiger partial charge in [0.1, 0.15) is 22.1 Å². The van der Waals surface area contributed by atoms with Crippen LogP contribution in [0.3, 0.4) is 0 Å². The molecular formula is C15H16NNaO6S. The van der Waals surface area contributed by atoms with Crippen LogP contribution in [0.2, 0.25) is 0 Å². The fourth-order valence-corrected chi connectivity index (χ4v) is 3.13. The monoisotopic (exact) mass is 361 g/mol. The molecule has 1 heterocycles. The number of thioether (sulfide) groups is 1. The number of nitrogens with zero attached hydrogens (tertiary/aromatic N) is 1. The van der Waals surface area contributed by atoms with Crippen molar-refractivity contribution in [1.82, 2.24) is 0 Å². The number of benzene rings is 1. The number of aliphatic imine (C=N–C) groups is 1. The number of aromatic hydroxyl groups is 1. The van der Waals surface area contributed by atoms with Gasteiger partial charge in [-0.3, -0.25) is 9.79 Å². The number of carboxylic acids is 2. The Balaban J connectivity index is 0.00000288. The molecule has 1 atom stereocenters. The molecule has 9 heteroatoms. The summed E-state index contributed by atoms with van der Waals surface area (Å²) in [6.45, 7) is 1.70. The smallest absolute Gasteiger partial charge is 0.547 e. The fourth-order valence-electron chi connectivity index (χ4n) is 1.94. The van der Waals surface area contributed by atoms with E-state index in [2.05, 4.69) is 4.99 Å². The second-order valence-electron chi connectivity index (χ2n) is 5.29. The van der Waals surface area contributed by atoms with Crippen LogP contribution in [0, 0.1) is 0 Å². The summed E-state index contributed by atoms with van der Waals surface area (Å²) in [5.74, 6) is -1.56. The zero-order valence-electron chi connectivity index (χ0n) is 13.4. The Morgan fingerprint density at radius 1 is 1.46 bits per heavy atom. The third kappa shape index (κ3) is 5.14. The molecule has 1 aromatic rings. The number of carbonyl (C=O) groups excluding carboxylic acids is 1. The van der Waals surface area contributed by atoms with Gasteiger partial charge >= 0.3 is 35.5 Å². The average Bonchev–Trinajstić information content (AvgIpc) is 2.87. The number of ether oxygens (including phenoxy) is 1. The van der Waals surface area contributed by atoms with Gasteiger partial charge in [0, 0.05) is 23.8 Å². The van der Waals surface area contributed by atoms with Crippen molar-refractivity contribution >= 4 is 28.7 Å². The molecule has 1 aliphatic heterocycles. The van der Waals surface area contributed by atoms with Gasteiger partial charge in [0.15, 0.2) is 0 Å². The number of carbonyl (C=O) groups is 2. The number of aliphatic carboxylic acids is 2. The van der Waals surface area contributed by atoms with E-state index >= 15 is 0 Å². The molecule has 2 N–H and O–H groups in total. The maximum Gasteiger partial charge on any atom is 1.00 e. The quantitative estimate of drug-likeness (QED) is 0.412. The third-order valence-corrected chi connectivity index (χ3v) is 4.57. The van der Waals surface area contributed by atoms with E-state index in [9.17, 15) is 19.8 Å². The second kappa shape index (κ2) is 8.75. The van der Waals surface area contributed by atoms with E-state index in [0.717, 1.165) is 0 Å². The van der Waals surface area contributed by atoms with Crippen LogP contribution in [-0.2, 0) is 9.59 Å². The normalized spacial score (nSPS) is 19.3. The average molecular weight is 361 g/mol. The predicted octanol–water partition coefficient (Wildman–Crippen LogP) is -2.36. The molecule has 0 aromatic heterocycles. The van der Waals surface area contributed by atoms with Crippen molar-refractivity contribution in [2.75, 3.05) is 12.4 Å². The van der Waals surface area contributed by atoms with Gasteiger partial charge in [0.25, 0.3) is 0 Å². The summed E-state index contributed by atoms with van der Waals surface area (Å²) >= 11 is 1.24. The van der Waals surface area contributed by atoms with Crippen LogP contribution in [0.1, 0.15) is 25.3 Å². The van der Waals surface area contributed by atoms with Crippen LogP contribution in [0.25, 0.3) is 0 Å². The van der Waals surface area contributed by atoms with Crippen LogP contribution in [0.15, 0.2) is 23.2 Å². The van der Waals surface area contributed by atoms with E-state index in [0.29, 0.717) is 22.8 Å². The number of carboxylic acid groups (broad SMARTS) is 2. The molecule has 1 aliphatic rings. The topological polar surface area (TPSA) is 119 Å². The van der Waals surface area contributed by atoms with Gasteiger partial charge in [0.05, 0.1) is 12.6 Å². The van der Waals surface area contributed by atoms with E-state index < -0.39 is 17.5 Å². The van der Waals surface area contributed by atoms with Crippen molar-refractivity contribution in [3.05, 3.63) is 23.8 Å². The first-order valence-corrected chi connectivity index (χ1v) is 7.92. The van der Waals surface area contributed by atoms with Gasteiger partial charge in [-0.25, -0.2) is 0 Å². The van der Waals surface area contributed by atoms with Crippen molar-refractivity contribution in [1.29, 1.82) is 0 Å². The Hall–Kier alpha value is -1.22. The Morgan fingerprint density at radius 3 is 2.71 bits per heavy atom.